The molecule has 1 aromatic carbocycles. The predicted octanol–water partition coefficient (Wildman–Crippen LogP) is 1.15. The van der Waals surface area contributed by atoms with Crippen LogP contribution in [-0.2, 0) is 11.2 Å². The van der Waals surface area contributed by atoms with Crippen LogP contribution in [0.2, 0.25) is 0 Å². The van der Waals surface area contributed by atoms with E-state index in [9.17, 15) is 9.90 Å². The summed E-state index contributed by atoms with van der Waals surface area (Å²) in [4.78, 5) is 15.4. The highest BCUT2D eigenvalue weighted by molar-refractivity contribution is 6.12. The van der Waals surface area contributed by atoms with Gasteiger partial charge in [0.15, 0.2) is 12.0 Å². The molecular formula is C21H31N5O3. The first-order valence-corrected chi connectivity index (χ1v) is 10.6. The van der Waals surface area contributed by atoms with Gasteiger partial charge in [0, 0.05) is 31.1 Å². The second-order valence-corrected chi connectivity index (χ2v) is 7.99. The molecule has 4 rings (SSSR count). The molecule has 0 aromatic heterocycles. The van der Waals surface area contributed by atoms with Gasteiger partial charge in [0.25, 0.3) is 5.91 Å². The lowest BCUT2D eigenvalue weighted by molar-refractivity contribution is -0.127. The highest BCUT2D eigenvalue weighted by Crippen LogP contribution is 2.38. The molecule has 3 aliphatic heterocycles. The molecule has 1 saturated heterocycles. The van der Waals surface area contributed by atoms with Gasteiger partial charge in [-0.25, -0.2) is 0 Å². The highest BCUT2D eigenvalue weighted by atomic mass is 16.5. The van der Waals surface area contributed by atoms with E-state index in [1.807, 2.05) is 19.9 Å². The molecule has 158 valence electrons. The molecule has 3 aliphatic rings. The summed E-state index contributed by atoms with van der Waals surface area (Å²) < 4.78 is 5.57. The molecule has 0 aliphatic carbocycles. The van der Waals surface area contributed by atoms with Crippen LogP contribution in [0.25, 0.3) is 0 Å². The van der Waals surface area contributed by atoms with Gasteiger partial charge >= 0.3 is 0 Å². The first-order chi connectivity index (χ1) is 14.0. The first-order valence-electron chi connectivity index (χ1n) is 10.6. The van der Waals surface area contributed by atoms with Gasteiger partial charge in [0.05, 0.1) is 12.2 Å². The zero-order chi connectivity index (χ0) is 20.5. The SMILES string of the molecule is CCN1CCC[C@@H](NC2C(=O)NC(c3c(C)cc4c(c3O)CCO4)=NN2CC)C1. The van der Waals surface area contributed by atoms with Gasteiger partial charge in [0.2, 0.25) is 0 Å². The summed E-state index contributed by atoms with van der Waals surface area (Å²) in [6, 6.07) is 2.17. The van der Waals surface area contributed by atoms with Gasteiger partial charge < -0.3 is 20.1 Å². The van der Waals surface area contributed by atoms with Crippen molar-refractivity contribution in [3.05, 3.63) is 22.8 Å². The van der Waals surface area contributed by atoms with Crippen LogP contribution in [0.4, 0.5) is 0 Å². The lowest BCUT2D eigenvalue weighted by Crippen LogP contribution is -2.62. The van der Waals surface area contributed by atoms with Crippen LogP contribution in [0.5, 0.6) is 11.5 Å². The van der Waals surface area contributed by atoms with E-state index < -0.39 is 6.17 Å². The molecule has 8 heteroatoms. The molecule has 3 N–H and O–H groups in total. The number of hydrazone groups is 1. The van der Waals surface area contributed by atoms with E-state index in [0.29, 0.717) is 31.0 Å². The van der Waals surface area contributed by atoms with Gasteiger partial charge in [0.1, 0.15) is 11.5 Å². The van der Waals surface area contributed by atoms with Crippen LogP contribution in [-0.4, -0.2) is 71.8 Å². The maximum absolute atomic E-state index is 13.0. The summed E-state index contributed by atoms with van der Waals surface area (Å²) in [6.45, 7) is 10.3. The Morgan fingerprint density at radius 2 is 2.21 bits per heavy atom. The number of rotatable bonds is 5. The van der Waals surface area contributed by atoms with Crippen molar-refractivity contribution in [2.24, 2.45) is 5.10 Å². The highest BCUT2D eigenvalue weighted by Gasteiger charge is 2.35. The number of phenols is 1. The third kappa shape index (κ3) is 3.79. The number of benzene rings is 1. The number of fused-ring (bicyclic) bond motifs is 1. The number of nitrogens with one attached hydrogen (secondary N) is 2. The smallest absolute Gasteiger partial charge is 0.264 e. The molecule has 0 spiro atoms. The number of hydrogen-bond acceptors (Lipinski definition) is 7. The Morgan fingerprint density at radius 3 is 2.97 bits per heavy atom. The molecule has 0 saturated carbocycles. The zero-order valence-corrected chi connectivity index (χ0v) is 17.5. The second-order valence-electron chi connectivity index (χ2n) is 7.99. The Hall–Kier alpha value is -2.32. The lowest BCUT2D eigenvalue weighted by Gasteiger charge is -2.39. The number of aryl methyl sites for hydroxylation is 1. The molecular weight excluding hydrogens is 370 g/mol. The number of carbonyl (C=O) groups excluding carboxylic acids is 1. The third-order valence-electron chi connectivity index (χ3n) is 6.10. The van der Waals surface area contributed by atoms with Gasteiger partial charge in [-0.15, -0.1) is 0 Å². The van der Waals surface area contributed by atoms with Gasteiger partial charge in [-0.3, -0.25) is 15.1 Å². The maximum Gasteiger partial charge on any atom is 0.264 e. The molecule has 1 unspecified atom stereocenters. The molecule has 1 aromatic rings. The fourth-order valence-corrected chi connectivity index (χ4v) is 4.50. The summed E-state index contributed by atoms with van der Waals surface area (Å²) in [5.74, 6) is 1.14. The summed E-state index contributed by atoms with van der Waals surface area (Å²) in [5, 5.41) is 23.7. The molecule has 0 bridgehead atoms. The van der Waals surface area contributed by atoms with E-state index >= 15 is 0 Å². The van der Waals surface area contributed by atoms with Crippen LogP contribution in [0, 0.1) is 6.92 Å². The van der Waals surface area contributed by atoms with E-state index in [1.54, 1.807) is 5.01 Å². The number of amidine groups is 1. The molecule has 8 nitrogen and oxygen atoms in total. The van der Waals surface area contributed by atoms with Crippen molar-refractivity contribution < 1.29 is 14.6 Å². The minimum absolute atomic E-state index is 0.138. The van der Waals surface area contributed by atoms with E-state index in [4.69, 9.17) is 9.84 Å². The average molecular weight is 402 g/mol. The Morgan fingerprint density at radius 1 is 1.38 bits per heavy atom. The van der Waals surface area contributed by atoms with E-state index in [2.05, 4.69) is 22.5 Å². The molecule has 1 fully saturated rings. The number of phenolic OH excluding ortho intramolecular Hbond substituents is 1. The Bertz CT molecular complexity index is 825. The average Bonchev–Trinajstić information content (AvgIpc) is 3.18. The van der Waals surface area contributed by atoms with Gasteiger partial charge in [-0.1, -0.05) is 6.92 Å². The second kappa shape index (κ2) is 8.20. The fourth-order valence-electron chi connectivity index (χ4n) is 4.50. The van der Waals surface area contributed by atoms with Gasteiger partial charge in [-0.05, 0) is 51.4 Å². The fraction of sp³-hybridized carbons (Fsp3) is 0.619. The standard InChI is InChI=1S/C21H31N5O3/c1-4-25-9-6-7-14(12-25)22-20-21(28)23-19(24-26(20)5-2)17-13(3)11-16-15(18(17)27)8-10-29-16/h11,14,20,22,27H,4-10,12H2,1-3H3,(H,23,24,28)/t14-,20?/m1/s1. The lowest BCUT2D eigenvalue weighted by atomic mass is 10.00. The number of aromatic hydroxyl groups is 1. The molecule has 2 atom stereocenters. The molecule has 1 amide bonds. The summed E-state index contributed by atoms with van der Waals surface area (Å²) in [6.07, 6.45) is 2.34. The minimum Gasteiger partial charge on any atom is -0.507 e. The summed E-state index contributed by atoms with van der Waals surface area (Å²) in [7, 11) is 0. The number of carbonyl (C=O) groups is 1. The van der Waals surface area contributed by atoms with Crippen molar-refractivity contribution in [3.63, 3.8) is 0 Å². The largest absolute Gasteiger partial charge is 0.507 e. The zero-order valence-electron chi connectivity index (χ0n) is 17.5. The number of piperidine rings is 1. The van der Waals surface area contributed by atoms with Gasteiger partial charge in [-0.2, -0.15) is 5.10 Å². The Balaban J connectivity index is 1.58. The number of likely N-dealkylation sites (tertiary alicyclic amines) is 1. The van der Waals surface area contributed by atoms with Crippen molar-refractivity contribution in [3.8, 4) is 11.5 Å². The summed E-state index contributed by atoms with van der Waals surface area (Å²) >= 11 is 0. The predicted molar refractivity (Wildman–Crippen MR) is 111 cm³/mol. The monoisotopic (exact) mass is 401 g/mol. The van der Waals surface area contributed by atoms with Crippen LogP contribution in [0.1, 0.15) is 43.4 Å². The van der Waals surface area contributed by atoms with Crippen LogP contribution >= 0.6 is 0 Å². The van der Waals surface area contributed by atoms with Crippen molar-refractivity contribution in [2.45, 2.75) is 52.2 Å². The number of ether oxygens (including phenoxy) is 1. The molecule has 0 radical (unpaired) electrons. The minimum atomic E-state index is -0.509. The quantitative estimate of drug-likeness (QED) is 0.686. The van der Waals surface area contributed by atoms with Crippen LogP contribution in [0.15, 0.2) is 11.2 Å². The third-order valence-corrected chi connectivity index (χ3v) is 6.10. The van der Waals surface area contributed by atoms with Crippen molar-refractivity contribution in [2.75, 3.05) is 32.8 Å². The van der Waals surface area contributed by atoms with Crippen LogP contribution in [0.3, 0.4) is 0 Å². The number of hydrogen-bond donors (Lipinski definition) is 3. The molecule has 29 heavy (non-hydrogen) atoms. The summed E-state index contributed by atoms with van der Waals surface area (Å²) in [5.41, 5.74) is 2.19. The Labute approximate surface area is 171 Å². The number of nitrogens with zero attached hydrogens (tertiary/aromatic N) is 3. The van der Waals surface area contributed by atoms with Crippen molar-refractivity contribution in [1.29, 1.82) is 0 Å². The van der Waals surface area contributed by atoms with Crippen LogP contribution < -0.4 is 15.4 Å². The van der Waals surface area contributed by atoms with E-state index in [1.165, 1.54) is 0 Å². The first kappa shape index (κ1) is 20.0. The normalized spacial score (nSPS) is 24.7. The van der Waals surface area contributed by atoms with E-state index in [0.717, 1.165) is 49.4 Å². The number of amides is 1. The topological polar surface area (TPSA) is 89.4 Å². The van der Waals surface area contributed by atoms with Crippen molar-refractivity contribution >= 4 is 11.7 Å². The Kier molecular flexibility index (Phi) is 5.65. The van der Waals surface area contributed by atoms with E-state index in [-0.39, 0.29) is 17.7 Å². The molecule has 3 heterocycles. The number of likely N-dealkylation sites (N-methyl/N-ethyl adjacent to an activating group) is 2. The maximum atomic E-state index is 13.0. The van der Waals surface area contributed by atoms with Crippen molar-refractivity contribution in [1.82, 2.24) is 20.5 Å².